The van der Waals surface area contributed by atoms with Crippen LogP contribution in [0.25, 0.3) is 20.8 Å². The van der Waals surface area contributed by atoms with Gasteiger partial charge in [-0.25, -0.2) is 4.98 Å². The summed E-state index contributed by atoms with van der Waals surface area (Å²) >= 11 is 1.52. The lowest BCUT2D eigenvalue weighted by atomic mass is 10.1. The highest BCUT2D eigenvalue weighted by Crippen LogP contribution is 2.34. The lowest BCUT2D eigenvalue weighted by Gasteiger charge is -2.01. The summed E-state index contributed by atoms with van der Waals surface area (Å²) < 4.78 is 1.07. The fourth-order valence-corrected chi connectivity index (χ4v) is 2.86. The maximum Gasteiger partial charge on any atom is 0.271 e. The third-order valence-corrected chi connectivity index (χ3v) is 3.84. The Kier molecular flexibility index (Phi) is 2.64. The molecule has 0 unspecified atom stereocenters. The van der Waals surface area contributed by atoms with Gasteiger partial charge in [0, 0.05) is 23.4 Å². The number of benzene rings is 2. The molecule has 6 heteroatoms. The first-order chi connectivity index (χ1) is 9.15. The zero-order valence-corrected chi connectivity index (χ0v) is 10.6. The molecule has 1 aromatic heterocycles. The highest BCUT2D eigenvalue weighted by molar-refractivity contribution is 7.21. The standard InChI is InChI=1S/C13H9N3O2S/c14-10-7-8(16(17)18)5-6-9(10)13-15-11-3-1-2-4-12(11)19-13/h1-7H,14H2. The Hall–Kier alpha value is -2.47. The van der Waals surface area contributed by atoms with Crippen molar-refractivity contribution >= 4 is 32.9 Å². The van der Waals surface area contributed by atoms with Gasteiger partial charge in [0.15, 0.2) is 0 Å². The molecule has 19 heavy (non-hydrogen) atoms. The van der Waals surface area contributed by atoms with Crippen LogP contribution in [0.15, 0.2) is 42.5 Å². The number of hydrogen-bond acceptors (Lipinski definition) is 5. The lowest BCUT2D eigenvalue weighted by Crippen LogP contribution is -1.93. The van der Waals surface area contributed by atoms with E-state index in [1.165, 1.54) is 23.5 Å². The van der Waals surface area contributed by atoms with E-state index in [0.29, 0.717) is 5.69 Å². The van der Waals surface area contributed by atoms with Crippen LogP contribution >= 0.6 is 11.3 Å². The summed E-state index contributed by atoms with van der Waals surface area (Å²) in [5.74, 6) is 0. The smallest absolute Gasteiger partial charge is 0.271 e. The van der Waals surface area contributed by atoms with Crippen LogP contribution in [0.2, 0.25) is 0 Å². The van der Waals surface area contributed by atoms with Crippen LogP contribution in [0.4, 0.5) is 11.4 Å². The van der Waals surface area contributed by atoms with Crippen LogP contribution in [0, 0.1) is 10.1 Å². The van der Waals surface area contributed by atoms with Crippen molar-refractivity contribution in [1.29, 1.82) is 0 Å². The average Bonchev–Trinajstić information content (AvgIpc) is 2.81. The molecule has 3 rings (SSSR count). The predicted molar refractivity (Wildman–Crippen MR) is 76.1 cm³/mol. The fourth-order valence-electron chi connectivity index (χ4n) is 1.85. The Morgan fingerprint density at radius 1 is 1.21 bits per heavy atom. The summed E-state index contributed by atoms with van der Waals surface area (Å²) in [5.41, 5.74) is 7.86. The van der Waals surface area contributed by atoms with E-state index in [-0.39, 0.29) is 5.69 Å². The second kappa shape index (κ2) is 4.33. The summed E-state index contributed by atoms with van der Waals surface area (Å²) in [6.07, 6.45) is 0. The van der Waals surface area contributed by atoms with Gasteiger partial charge in [0.25, 0.3) is 5.69 Å². The van der Waals surface area contributed by atoms with Gasteiger partial charge < -0.3 is 5.73 Å². The quantitative estimate of drug-likeness (QED) is 0.439. The number of nitro benzene ring substituents is 1. The summed E-state index contributed by atoms with van der Waals surface area (Å²) in [5, 5.41) is 11.5. The van der Waals surface area contributed by atoms with Crippen molar-refractivity contribution in [3.05, 3.63) is 52.6 Å². The Morgan fingerprint density at radius 3 is 2.68 bits per heavy atom. The molecule has 2 N–H and O–H groups in total. The molecule has 0 spiro atoms. The normalized spacial score (nSPS) is 10.7. The van der Waals surface area contributed by atoms with Gasteiger partial charge >= 0.3 is 0 Å². The van der Waals surface area contributed by atoms with E-state index in [2.05, 4.69) is 4.98 Å². The molecule has 3 aromatic rings. The van der Waals surface area contributed by atoms with Gasteiger partial charge in [-0.15, -0.1) is 11.3 Å². The number of thiazole rings is 1. The van der Waals surface area contributed by atoms with Crippen molar-refractivity contribution in [1.82, 2.24) is 4.98 Å². The number of nitrogen functional groups attached to an aromatic ring is 1. The fraction of sp³-hybridized carbons (Fsp3) is 0. The van der Waals surface area contributed by atoms with Crippen molar-refractivity contribution in [2.24, 2.45) is 0 Å². The lowest BCUT2D eigenvalue weighted by molar-refractivity contribution is -0.384. The maximum absolute atomic E-state index is 10.7. The monoisotopic (exact) mass is 271 g/mol. The minimum Gasteiger partial charge on any atom is -0.398 e. The summed E-state index contributed by atoms with van der Waals surface area (Å²) in [4.78, 5) is 14.7. The van der Waals surface area contributed by atoms with E-state index in [1.807, 2.05) is 24.3 Å². The van der Waals surface area contributed by atoms with E-state index in [4.69, 9.17) is 5.73 Å². The van der Waals surface area contributed by atoms with Crippen LogP contribution in [0.5, 0.6) is 0 Å². The topological polar surface area (TPSA) is 82.0 Å². The molecule has 0 aliphatic heterocycles. The van der Waals surface area contributed by atoms with E-state index >= 15 is 0 Å². The summed E-state index contributed by atoms with van der Waals surface area (Å²) in [6.45, 7) is 0. The molecule has 5 nitrogen and oxygen atoms in total. The number of aromatic nitrogens is 1. The molecule has 0 radical (unpaired) electrons. The predicted octanol–water partition coefficient (Wildman–Crippen LogP) is 3.45. The van der Waals surface area contributed by atoms with Gasteiger partial charge in [-0.1, -0.05) is 12.1 Å². The van der Waals surface area contributed by atoms with Gasteiger partial charge in [0.05, 0.1) is 15.1 Å². The third-order valence-electron chi connectivity index (χ3n) is 2.77. The first-order valence-electron chi connectivity index (χ1n) is 5.55. The van der Waals surface area contributed by atoms with Crippen LogP contribution in [-0.4, -0.2) is 9.91 Å². The first-order valence-corrected chi connectivity index (χ1v) is 6.36. The van der Waals surface area contributed by atoms with Crippen molar-refractivity contribution in [2.75, 3.05) is 5.73 Å². The second-order valence-corrected chi connectivity index (χ2v) is 5.05. The van der Waals surface area contributed by atoms with Crippen LogP contribution in [0.3, 0.4) is 0 Å². The molecule has 0 amide bonds. The Labute approximate surface area is 112 Å². The summed E-state index contributed by atoms with van der Waals surface area (Å²) in [6, 6.07) is 12.2. The minimum absolute atomic E-state index is 0.0117. The van der Waals surface area contributed by atoms with Gasteiger partial charge in [0.2, 0.25) is 0 Å². The van der Waals surface area contributed by atoms with E-state index in [9.17, 15) is 10.1 Å². The number of rotatable bonds is 2. The number of para-hydroxylation sites is 1. The molecule has 1 heterocycles. The molecule has 0 saturated heterocycles. The maximum atomic E-state index is 10.7. The molecule has 0 saturated carbocycles. The zero-order valence-electron chi connectivity index (χ0n) is 9.74. The highest BCUT2D eigenvalue weighted by Gasteiger charge is 2.13. The number of nitro groups is 1. The van der Waals surface area contributed by atoms with Crippen LogP contribution in [0.1, 0.15) is 0 Å². The molecule has 0 bridgehead atoms. The molecule has 0 atom stereocenters. The molecule has 0 fully saturated rings. The van der Waals surface area contributed by atoms with Crippen molar-refractivity contribution < 1.29 is 4.92 Å². The number of anilines is 1. The number of nitrogens with zero attached hydrogens (tertiary/aromatic N) is 2. The third kappa shape index (κ3) is 2.02. The molecule has 0 aliphatic rings. The number of non-ortho nitro benzene ring substituents is 1. The number of nitrogens with two attached hydrogens (primary N) is 1. The molecule has 2 aromatic carbocycles. The molecule has 0 aliphatic carbocycles. The molecular formula is C13H9N3O2S. The Balaban J connectivity index is 2.13. The highest BCUT2D eigenvalue weighted by atomic mass is 32.1. The van der Waals surface area contributed by atoms with Gasteiger partial charge in [0.1, 0.15) is 5.01 Å². The van der Waals surface area contributed by atoms with E-state index < -0.39 is 4.92 Å². The van der Waals surface area contributed by atoms with Crippen molar-refractivity contribution in [2.45, 2.75) is 0 Å². The molecular weight excluding hydrogens is 262 g/mol. The first kappa shape index (κ1) is 11.6. The van der Waals surface area contributed by atoms with E-state index in [1.54, 1.807) is 6.07 Å². The zero-order chi connectivity index (χ0) is 13.4. The molecule has 94 valence electrons. The SMILES string of the molecule is Nc1cc([N+](=O)[O-])ccc1-c1nc2ccccc2s1. The van der Waals surface area contributed by atoms with Gasteiger partial charge in [-0.05, 0) is 18.2 Å². The Morgan fingerprint density at radius 2 is 2.00 bits per heavy atom. The largest absolute Gasteiger partial charge is 0.398 e. The number of hydrogen-bond donors (Lipinski definition) is 1. The van der Waals surface area contributed by atoms with E-state index in [0.717, 1.165) is 20.8 Å². The van der Waals surface area contributed by atoms with Crippen LogP contribution < -0.4 is 5.73 Å². The Bertz CT molecular complexity index is 749. The van der Waals surface area contributed by atoms with Gasteiger partial charge in [-0.3, -0.25) is 10.1 Å². The average molecular weight is 271 g/mol. The second-order valence-electron chi connectivity index (χ2n) is 4.02. The minimum atomic E-state index is -0.460. The summed E-state index contributed by atoms with van der Waals surface area (Å²) in [7, 11) is 0. The van der Waals surface area contributed by atoms with Gasteiger partial charge in [-0.2, -0.15) is 0 Å². The van der Waals surface area contributed by atoms with Crippen molar-refractivity contribution in [3.8, 4) is 10.6 Å². The van der Waals surface area contributed by atoms with Crippen LogP contribution in [-0.2, 0) is 0 Å². The van der Waals surface area contributed by atoms with Crippen molar-refractivity contribution in [3.63, 3.8) is 0 Å². The number of fused-ring (bicyclic) bond motifs is 1.